The van der Waals surface area contributed by atoms with Gasteiger partial charge in [-0.25, -0.2) is 4.98 Å². The quantitative estimate of drug-likeness (QED) is 0.704. The van der Waals surface area contributed by atoms with E-state index in [0.717, 1.165) is 16.8 Å². The zero-order valence-electron chi connectivity index (χ0n) is 13.8. The lowest BCUT2D eigenvalue weighted by molar-refractivity contribution is -0.115. The Labute approximate surface area is 153 Å². The third-order valence-electron chi connectivity index (χ3n) is 3.56. The van der Waals surface area contributed by atoms with Gasteiger partial charge >= 0.3 is 0 Å². The molecule has 2 N–H and O–H groups in total. The van der Waals surface area contributed by atoms with E-state index in [0.29, 0.717) is 16.4 Å². The molecule has 0 aliphatic heterocycles. The monoisotopic (exact) mass is 371 g/mol. The summed E-state index contributed by atoms with van der Waals surface area (Å²) in [7, 11) is 0. The summed E-state index contributed by atoms with van der Waals surface area (Å²) in [6.45, 7) is 3.94. The van der Waals surface area contributed by atoms with Gasteiger partial charge in [0.2, 0.25) is 5.91 Å². The fraction of sp³-hybridized carbons (Fsp3) is 0.167. The first-order valence-corrected chi connectivity index (χ1v) is 9.48. The largest absolute Gasteiger partial charge is 0.325 e. The molecule has 1 aromatic carbocycles. The van der Waals surface area contributed by atoms with Gasteiger partial charge in [-0.1, -0.05) is 12.1 Å². The van der Waals surface area contributed by atoms with E-state index in [1.165, 1.54) is 22.7 Å². The first kappa shape index (κ1) is 17.3. The van der Waals surface area contributed by atoms with Crippen molar-refractivity contribution in [1.29, 1.82) is 0 Å². The molecule has 3 aromatic rings. The van der Waals surface area contributed by atoms with E-state index in [9.17, 15) is 9.59 Å². The maximum absolute atomic E-state index is 12.2. The molecule has 0 saturated carbocycles. The van der Waals surface area contributed by atoms with Crippen LogP contribution < -0.4 is 10.6 Å². The fourth-order valence-electron chi connectivity index (χ4n) is 2.24. The summed E-state index contributed by atoms with van der Waals surface area (Å²) in [4.78, 5) is 28.5. The lowest BCUT2D eigenvalue weighted by Gasteiger charge is -2.08. The molecule has 128 valence electrons. The van der Waals surface area contributed by atoms with E-state index in [-0.39, 0.29) is 18.2 Å². The molecule has 0 aliphatic carbocycles. The molecule has 0 radical (unpaired) electrons. The van der Waals surface area contributed by atoms with Crippen LogP contribution in [0.4, 0.5) is 10.8 Å². The Bertz CT molecular complexity index is 901. The van der Waals surface area contributed by atoms with Crippen molar-refractivity contribution in [2.45, 2.75) is 20.3 Å². The van der Waals surface area contributed by atoms with Gasteiger partial charge in [0.1, 0.15) is 0 Å². The molecule has 0 spiro atoms. The zero-order chi connectivity index (χ0) is 17.8. The maximum Gasteiger partial charge on any atom is 0.258 e. The molecule has 0 fully saturated rings. The van der Waals surface area contributed by atoms with Gasteiger partial charge in [-0.3, -0.25) is 14.9 Å². The minimum Gasteiger partial charge on any atom is -0.325 e. The predicted molar refractivity (Wildman–Crippen MR) is 103 cm³/mol. The molecule has 5 nitrogen and oxygen atoms in total. The molecule has 0 atom stereocenters. The Morgan fingerprint density at radius 1 is 1.12 bits per heavy atom. The normalized spacial score (nSPS) is 10.5. The SMILES string of the molecule is Cc1ccc(C)c(NC(=O)Cc2csc(NC(=O)c3ccsc3)n2)c1. The van der Waals surface area contributed by atoms with Crippen molar-refractivity contribution in [2.24, 2.45) is 0 Å². The molecule has 0 aliphatic rings. The predicted octanol–water partition coefficient (Wildman–Crippen LogP) is 4.25. The topological polar surface area (TPSA) is 71.1 Å². The number of nitrogens with zero attached hydrogens (tertiary/aromatic N) is 1. The number of rotatable bonds is 5. The summed E-state index contributed by atoms with van der Waals surface area (Å²) < 4.78 is 0. The molecular weight excluding hydrogens is 354 g/mol. The molecule has 25 heavy (non-hydrogen) atoms. The van der Waals surface area contributed by atoms with Gasteiger partial charge in [0.15, 0.2) is 5.13 Å². The van der Waals surface area contributed by atoms with Gasteiger partial charge in [-0.05, 0) is 42.5 Å². The van der Waals surface area contributed by atoms with E-state index < -0.39 is 0 Å². The van der Waals surface area contributed by atoms with Crippen LogP contribution in [0.25, 0.3) is 0 Å². The van der Waals surface area contributed by atoms with Crippen molar-refractivity contribution < 1.29 is 9.59 Å². The van der Waals surface area contributed by atoms with Crippen molar-refractivity contribution in [3.63, 3.8) is 0 Å². The van der Waals surface area contributed by atoms with E-state index in [1.807, 2.05) is 37.4 Å². The Hall–Kier alpha value is -2.51. The highest BCUT2D eigenvalue weighted by molar-refractivity contribution is 7.14. The Morgan fingerprint density at radius 2 is 1.96 bits per heavy atom. The number of thiazole rings is 1. The van der Waals surface area contributed by atoms with Crippen molar-refractivity contribution in [3.05, 3.63) is 62.8 Å². The number of aromatic nitrogens is 1. The Morgan fingerprint density at radius 3 is 2.72 bits per heavy atom. The highest BCUT2D eigenvalue weighted by Gasteiger charge is 2.12. The summed E-state index contributed by atoms with van der Waals surface area (Å²) in [5, 5.41) is 11.6. The average Bonchev–Trinajstić information content (AvgIpc) is 3.23. The first-order valence-electron chi connectivity index (χ1n) is 7.66. The van der Waals surface area contributed by atoms with Crippen LogP contribution >= 0.6 is 22.7 Å². The standard InChI is InChI=1S/C18H17N3O2S2/c1-11-3-4-12(2)15(7-11)20-16(22)8-14-10-25-18(19-14)21-17(23)13-5-6-24-9-13/h3-7,9-10H,8H2,1-2H3,(H,20,22)(H,19,21,23). The van der Waals surface area contributed by atoms with Gasteiger partial charge < -0.3 is 5.32 Å². The summed E-state index contributed by atoms with van der Waals surface area (Å²) in [5.41, 5.74) is 4.16. The minimum atomic E-state index is -0.193. The van der Waals surface area contributed by atoms with E-state index in [1.54, 1.807) is 16.8 Å². The number of anilines is 2. The molecular formula is C18H17N3O2S2. The van der Waals surface area contributed by atoms with Crippen LogP contribution in [0.1, 0.15) is 27.2 Å². The second-order valence-electron chi connectivity index (χ2n) is 5.65. The van der Waals surface area contributed by atoms with Crippen LogP contribution in [0.15, 0.2) is 40.4 Å². The third kappa shape index (κ3) is 4.52. The van der Waals surface area contributed by atoms with Crippen molar-refractivity contribution in [1.82, 2.24) is 4.98 Å². The van der Waals surface area contributed by atoms with Gasteiger partial charge in [0.25, 0.3) is 5.91 Å². The highest BCUT2D eigenvalue weighted by Crippen LogP contribution is 2.19. The third-order valence-corrected chi connectivity index (χ3v) is 5.05. The molecule has 0 bridgehead atoms. The number of nitrogens with one attached hydrogen (secondary N) is 2. The molecule has 0 saturated heterocycles. The number of carbonyl (C=O) groups excluding carboxylic acids is 2. The van der Waals surface area contributed by atoms with Crippen LogP contribution in [0.5, 0.6) is 0 Å². The number of amides is 2. The first-order chi connectivity index (χ1) is 12.0. The van der Waals surface area contributed by atoms with Gasteiger partial charge in [0, 0.05) is 16.4 Å². The Kier molecular flexibility index (Phi) is 5.25. The lowest BCUT2D eigenvalue weighted by atomic mass is 10.1. The van der Waals surface area contributed by atoms with Crippen LogP contribution in [0, 0.1) is 13.8 Å². The summed E-state index contributed by atoms with van der Waals surface area (Å²) in [6, 6.07) is 7.69. The van der Waals surface area contributed by atoms with Crippen LogP contribution in [0.2, 0.25) is 0 Å². The van der Waals surface area contributed by atoms with E-state index in [4.69, 9.17) is 0 Å². The maximum atomic E-state index is 12.2. The minimum absolute atomic E-state index is 0.130. The van der Waals surface area contributed by atoms with Crippen molar-refractivity contribution in [3.8, 4) is 0 Å². The molecule has 3 rings (SSSR count). The lowest BCUT2D eigenvalue weighted by Crippen LogP contribution is -2.16. The second-order valence-corrected chi connectivity index (χ2v) is 7.29. The number of carbonyl (C=O) groups is 2. The van der Waals surface area contributed by atoms with Crippen molar-refractivity contribution >= 4 is 45.3 Å². The number of hydrogen-bond acceptors (Lipinski definition) is 5. The fourth-order valence-corrected chi connectivity index (χ4v) is 3.58. The molecule has 7 heteroatoms. The van der Waals surface area contributed by atoms with Crippen LogP contribution in [-0.2, 0) is 11.2 Å². The van der Waals surface area contributed by atoms with Gasteiger partial charge in [0.05, 0.1) is 17.7 Å². The van der Waals surface area contributed by atoms with E-state index in [2.05, 4.69) is 15.6 Å². The van der Waals surface area contributed by atoms with Crippen molar-refractivity contribution in [2.75, 3.05) is 10.6 Å². The van der Waals surface area contributed by atoms with Crippen LogP contribution in [0.3, 0.4) is 0 Å². The second kappa shape index (κ2) is 7.58. The molecule has 0 unspecified atom stereocenters. The number of benzene rings is 1. The summed E-state index contributed by atoms with van der Waals surface area (Å²) >= 11 is 2.77. The number of thiophene rings is 1. The van der Waals surface area contributed by atoms with Crippen LogP contribution in [-0.4, -0.2) is 16.8 Å². The van der Waals surface area contributed by atoms with E-state index >= 15 is 0 Å². The summed E-state index contributed by atoms with van der Waals surface area (Å²) in [5.74, 6) is -0.323. The molecule has 2 heterocycles. The zero-order valence-corrected chi connectivity index (χ0v) is 15.5. The molecule has 2 amide bonds. The number of hydrogen-bond donors (Lipinski definition) is 2. The molecule has 2 aromatic heterocycles. The van der Waals surface area contributed by atoms with Gasteiger partial charge in [-0.2, -0.15) is 11.3 Å². The smallest absolute Gasteiger partial charge is 0.258 e. The highest BCUT2D eigenvalue weighted by atomic mass is 32.1. The Balaban J connectivity index is 1.60. The average molecular weight is 371 g/mol. The number of aryl methyl sites for hydroxylation is 2. The van der Waals surface area contributed by atoms with Gasteiger partial charge in [-0.15, -0.1) is 11.3 Å². The summed E-state index contributed by atoms with van der Waals surface area (Å²) in [6.07, 6.45) is 0.165.